The van der Waals surface area contributed by atoms with E-state index in [2.05, 4.69) is 91.9 Å². The van der Waals surface area contributed by atoms with Crippen molar-refractivity contribution in [1.82, 2.24) is 29.5 Å². The molecule has 0 radical (unpaired) electrons. The van der Waals surface area contributed by atoms with E-state index in [0.29, 0.717) is 12.5 Å². The van der Waals surface area contributed by atoms with E-state index in [4.69, 9.17) is 10.5 Å². The summed E-state index contributed by atoms with van der Waals surface area (Å²) in [5.41, 5.74) is 11.6. The molecule has 1 saturated heterocycles. The van der Waals surface area contributed by atoms with E-state index in [-0.39, 0.29) is 12.2 Å². The van der Waals surface area contributed by atoms with Crippen molar-refractivity contribution in [3.05, 3.63) is 53.5 Å². The summed E-state index contributed by atoms with van der Waals surface area (Å²) in [6.07, 6.45) is 2.06. The van der Waals surface area contributed by atoms with E-state index in [1.807, 2.05) is 6.07 Å². The van der Waals surface area contributed by atoms with E-state index in [0.717, 1.165) is 66.7 Å². The van der Waals surface area contributed by atoms with Crippen molar-refractivity contribution >= 4 is 17.6 Å². The zero-order valence-corrected chi connectivity index (χ0v) is 21.5. The number of aromatic nitrogens is 4. The molecular weight excluding hydrogens is 454 g/mol. The molecule has 5 rings (SSSR count). The van der Waals surface area contributed by atoms with Crippen LogP contribution in [0, 0.1) is 6.92 Å². The number of nitrogens with one attached hydrogen (secondary N) is 1. The summed E-state index contributed by atoms with van der Waals surface area (Å²) >= 11 is 0. The molecule has 3 N–H and O–H groups in total. The van der Waals surface area contributed by atoms with Crippen LogP contribution in [0.1, 0.15) is 30.7 Å². The number of hydrogen-bond acceptors (Lipinski definition) is 7. The van der Waals surface area contributed by atoms with E-state index in [1.165, 1.54) is 5.69 Å². The van der Waals surface area contributed by atoms with Crippen LogP contribution in [0.25, 0.3) is 11.3 Å². The number of anilines is 2. The van der Waals surface area contributed by atoms with Gasteiger partial charge in [-0.1, -0.05) is 12.1 Å². The second kappa shape index (κ2) is 10.2. The first-order valence-corrected chi connectivity index (χ1v) is 12.5. The molecule has 10 nitrogen and oxygen atoms in total. The first-order chi connectivity index (χ1) is 17.3. The molecule has 10 heteroatoms. The summed E-state index contributed by atoms with van der Waals surface area (Å²) in [5, 5.41) is 8.00. The lowest BCUT2D eigenvalue weighted by atomic mass is 10.0. The molecule has 0 unspecified atom stereocenters. The Morgan fingerprint density at radius 2 is 2.00 bits per heavy atom. The van der Waals surface area contributed by atoms with Crippen LogP contribution < -0.4 is 11.1 Å². The molecule has 0 amide bonds. The molecule has 1 aromatic carbocycles. The number of hydrogen-bond donors (Lipinski definition) is 2. The lowest BCUT2D eigenvalue weighted by Gasteiger charge is -2.40. The van der Waals surface area contributed by atoms with Gasteiger partial charge in [-0.2, -0.15) is 5.10 Å². The topological polar surface area (TPSA) is 110 Å². The summed E-state index contributed by atoms with van der Waals surface area (Å²) in [7, 11) is 2.12. The number of rotatable bonds is 7. The molecule has 1 fully saturated rings. The predicted octanol–water partition coefficient (Wildman–Crippen LogP) is 2.76. The second-order valence-corrected chi connectivity index (χ2v) is 9.92. The number of likely N-dealkylation sites (N-methyl/N-ethyl adjacent to an activating group) is 1. The quantitative estimate of drug-likeness (QED) is 0.385. The molecule has 4 heterocycles. The van der Waals surface area contributed by atoms with E-state index in [1.54, 1.807) is 6.33 Å². The molecule has 0 atom stereocenters. The van der Waals surface area contributed by atoms with Gasteiger partial charge in [-0.25, -0.2) is 15.0 Å². The number of nitrogens with two attached hydrogens (primary N) is 1. The minimum atomic E-state index is 0.233. The maximum absolute atomic E-state index is 6.20. The summed E-state index contributed by atoms with van der Waals surface area (Å²) in [6.45, 7) is 11.1. The smallest absolute Gasteiger partial charge is 0.191 e. The number of aliphatic imine (C=N–C) groups is 1. The molecule has 36 heavy (non-hydrogen) atoms. The Morgan fingerprint density at radius 3 is 2.78 bits per heavy atom. The van der Waals surface area contributed by atoms with Crippen molar-refractivity contribution in [3.63, 3.8) is 0 Å². The molecule has 3 aromatic rings. The first kappa shape index (κ1) is 24.2. The number of ether oxygens (including phenoxy) is 1. The third kappa shape index (κ3) is 5.50. The van der Waals surface area contributed by atoms with Gasteiger partial charge >= 0.3 is 0 Å². The van der Waals surface area contributed by atoms with Crippen LogP contribution in [0.5, 0.6) is 0 Å². The van der Waals surface area contributed by atoms with Gasteiger partial charge in [0.15, 0.2) is 11.8 Å². The number of likely N-dealkylation sites (tertiary alicyclic amines) is 1. The standard InChI is InChI=1S/C26H35N9O/c1-17(2)36-22-14-34(15-22)26(27)28-12-20-6-5-19(9-18(20)3)23-11-24(30-16-29-23)31-25-10-21-13-33(4)7-8-35(21)32-25/h5-6,9-11,16-17,22H,7-8,12-15H2,1-4H3,(H2,27,28)(H,29,30,31,32). The van der Waals surface area contributed by atoms with Crippen LogP contribution in [-0.2, 0) is 24.4 Å². The average molecular weight is 490 g/mol. The zero-order chi connectivity index (χ0) is 25.2. The molecule has 2 aliphatic heterocycles. The molecule has 190 valence electrons. The van der Waals surface area contributed by atoms with Gasteiger partial charge in [0.25, 0.3) is 0 Å². The van der Waals surface area contributed by atoms with Gasteiger partial charge in [0.2, 0.25) is 0 Å². The number of benzene rings is 1. The molecule has 0 saturated carbocycles. The fourth-order valence-electron chi connectivity index (χ4n) is 4.57. The number of nitrogens with zero attached hydrogens (tertiary/aromatic N) is 7. The van der Waals surface area contributed by atoms with Gasteiger partial charge in [-0.3, -0.25) is 9.58 Å². The van der Waals surface area contributed by atoms with Gasteiger partial charge in [-0.15, -0.1) is 0 Å². The monoisotopic (exact) mass is 489 g/mol. The molecule has 0 bridgehead atoms. The van der Waals surface area contributed by atoms with Crippen LogP contribution in [0.2, 0.25) is 0 Å². The normalized spacial score (nSPS) is 16.8. The van der Waals surface area contributed by atoms with Crippen LogP contribution in [-0.4, -0.2) is 74.4 Å². The Kier molecular flexibility index (Phi) is 6.88. The molecule has 2 aromatic heterocycles. The van der Waals surface area contributed by atoms with E-state index in [9.17, 15) is 0 Å². The predicted molar refractivity (Wildman–Crippen MR) is 141 cm³/mol. The largest absolute Gasteiger partial charge is 0.372 e. The molecule has 0 aliphatic carbocycles. The summed E-state index contributed by atoms with van der Waals surface area (Å²) in [5.74, 6) is 2.09. The summed E-state index contributed by atoms with van der Waals surface area (Å²) in [4.78, 5) is 17.8. The summed E-state index contributed by atoms with van der Waals surface area (Å²) < 4.78 is 7.85. The second-order valence-electron chi connectivity index (χ2n) is 9.92. The van der Waals surface area contributed by atoms with Gasteiger partial charge < -0.3 is 20.7 Å². The third-order valence-corrected chi connectivity index (χ3v) is 6.60. The lowest BCUT2D eigenvalue weighted by Crippen LogP contribution is -2.57. The SMILES string of the molecule is Cc1cc(-c2cc(Nc3cc4n(n3)CCN(C)C4)ncn2)ccc1CN=C(N)N1CC(OC(C)C)C1. The van der Waals surface area contributed by atoms with Crippen molar-refractivity contribution in [2.45, 2.75) is 52.6 Å². The van der Waals surface area contributed by atoms with Crippen molar-refractivity contribution in [3.8, 4) is 11.3 Å². The Balaban J connectivity index is 1.22. The average Bonchev–Trinajstić information content (AvgIpc) is 3.21. The van der Waals surface area contributed by atoms with Crippen LogP contribution in [0.15, 0.2) is 41.7 Å². The fourth-order valence-corrected chi connectivity index (χ4v) is 4.57. The van der Waals surface area contributed by atoms with Crippen LogP contribution >= 0.6 is 0 Å². The highest BCUT2D eigenvalue weighted by Crippen LogP contribution is 2.25. The maximum Gasteiger partial charge on any atom is 0.191 e. The fraction of sp³-hybridized carbons (Fsp3) is 0.462. The van der Waals surface area contributed by atoms with Gasteiger partial charge in [-0.05, 0) is 45.0 Å². The first-order valence-electron chi connectivity index (χ1n) is 12.5. The third-order valence-electron chi connectivity index (χ3n) is 6.60. The maximum atomic E-state index is 6.20. The Hall–Kier alpha value is -3.50. The Bertz CT molecular complexity index is 1250. The van der Waals surface area contributed by atoms with Gasteiger partial charge in [0.05, 0.1) is 36.7 Å². The molecular formula is C26H35N9O. The number of aryl methyl sites for hydroxylation is 1. The van der Waals surface area contributed by atoms with Crippen molar-refractivity contribution in [2.24, 2.45) is 10.7 Å². The van der Waals surface area contributed by atoms with Gasteiger partial charge in [0, 0.05) is 43.9 Å². The van der Waals surface area contributed by atoms with E-state index < -0.39 is 0 Å². The lowest BCUT2D eigenvalue weighted by molar-refractivity contribution is -0.0571. The molecule has 2 aliphatic rings. The van der Waals surface area contributed by atoms with Crippen LogP contribution in [0.4, 0.5) is 11.6 Å². The molecule has 0 spiro atoms. The van der Waals surface area contributed by atoms with E-state index >= 15 is 0 Å². The minimum absolute atomic E-state index is 0.233. The minimum Gasteiger partial charge on any atom is -0.372 e. The highest BCUT2D eigenvalue weighted by molar-refractivity contribution is 5.79. The zero-order valence-electron chi connectivity index (χ0n) is 21.5. The van der Waals surface area contributed by atoms with Crippen molar-refractivity contribution in [2.75, 3.05) is 32.0 Å². The van der Waals surface area contributed by atoms with Crippen LogP contribution in [0.3, 0.4) is 0 Å². The Morgan fingerprint density at radius 1 is 1.17 bits per heavy atom. The Labute approximate surface area is 212 Å². The van der Waals surface area contributed by atoms with Crippen molar-refractivity contribution < 1.29 is 4.74 Å². The number of guanidine groups is 1. The highest BCUT2D eigenvalue weighted by Gasteiger charge is 2.29. The summed E-state index contributed by atoms with van der Waals surface area (Å²) in [6, 6.07) is 10.3. The van der Waals surface area contributed by atoms with Crippen molar-refractivity contribution in [1.29, 1.82) is 0 Å². The highest BCUT2D eigenvalue weighted by atomic mass is 16.5. The van der Waals surface area contributed by atoms with Gasteiger partial charge in [0.1, 0.15) is 12.1 Å². The number of fused-ring (bicyclic) bond motifs is 1.